The molecule has 0 saturated carbocycles. The highest BCUT2D eigenvalue weighted by Crippen LogP contribution is 2.33. The molecule has 0 radical (unpaired) electrons. The highest BCUT2D eigenvalue weighted by atomic mass is 19.1. The molecule has 1 aromatic heterocycles. The summed E-state index contributed by atoms with van der Waals surface area (Å²) < 4.78 is 29.6. The first-order chi connectivity index (χ1) is 12.9. The summed E-state index contributed by atoms with van der Waals surface area (Å²) in [4.78, 5) is 24.7. The molecule has 0 spiro atoms. The van der Waals surface area contributed by atoms with Gasteiger partial charge in [0.25, 0.3) is 0 Å². The molecular formula is C20H18FNO5. The number of hydrogen-bond acceptors (Lipinski definition) is 5. The monoisotopic (exact) mass is 371 g/mol. The highest BCUT2D eigenvalue weighted by Gasteiger charge is 2.19. The number of fused-ring (bicyclic) bond motifs is 1. The van der Waals surface area contributed by atoms with Crippen LogP contribution in [-0.4, -0.2) is 20.1 Å². The number of carbonyl (C=O) groups is 1. The van der Waals surface area contributed by atoms with Crippen LogP contribution in [0.3, 0.4) is 0 Å². The van der Waals surface area contributed by atoms with Crippen LogP contribution in [0.2, 0.25) is 0 Å². The molecule has 0 aliphatic rings. The van der Waals surface area contributed by atoms with Gasteiger partial charge in [-0.2, -0.15) is 0 Å². The number of aryl methyl sites for hydroxylation is 1. The standard InChI is InChI=1S/C20H18FNO5/c1-11-13(10-18(23)22-15-7-5-4-6-14(15)21)20(24)27-17-9-12(25-2)8-16(26-3)19(11)17/h4-9H,10H2,1-3H3,(H,22,23). The molecule has 0 fully saturated rings. The van der Waals surface area contributed by atoms with Gasteiger partial charge in [0, 0.05) is 12.1 Å². The molecule has 3 aromatic rings. The summed E-state index contributed by atoms with van der Waals surface area (Å²) in [5.74, 6) is -0.141. The third kappa shape index (κ3) is 3.62. The maximum absolute atomic E-state index is 13.7. The van der Waals surface area contributed by atoms with Gasteiger partial charge in [-0.1, -0.05) is 12.1 Å². The van der Waals surface area contributed by atoms with Crippen LogP contribution >= 0.6 is 0 Å². The van der Waals surface area contributed by atoms with Gasteiger partial charge in [0.2, 0.25) is 5.91 Å². The summed E-state index contributed by atoms with van der Waals surface area (Å²) in [6, 6.07) is 9.05. The fraction of sp³-hybridized carbons (Fsp3) is 0.200. The second kappa shape index (κ2) is 7.49. The van der Waals surface area contributed by atoms with Gasteiger partial charge in [-0.15, -0.1) is 0 Å². The van der Waals surface area contributed by atoms with E-state index in [1.165, 1.54) is 32.4 Å². The normalized spacial score (nSPS) is 10.7. The molecular weight excluding hydrogens is 353 g/mol. The minimum absolute atomic E-state index is 0.0487. The summed E-state index contributed by atoms with van der Waals surface area (Å²) in [5, 5.41) is 3.04. The van der Waals surface area contributed by atoms with Crippen molar-refractivity contribution in [1.82, 2.24) is 0 Å². The Morgan fingerprint density at radius 1 is 1.19 bits per heavy atom. The Labute approximate surface area is 154 Å². The summed E-state index contributed by atoms with van der Waals surface area (Å²) in [6.45, 7) is 1.71. The molecule has 2 aromatic carbocycles. The molecule has 0 aliphatic carbocycles. The highest BCUT2D eigenvalue weighted by molar-refractivity contribution is 5.94. The van der Waals surface area contributed by atoms with Crippen LogP contribution in [0, 0.1) is 12.7 Å². The first-order valence-corrected chi connectivity index (χ1v) is 8.17. The molecule has 0 unspecified atom stereocenters. The Hall–Kier alpha value is -3.35. The lowest BCUT2D eigenvalue weighted by Crippen LogP contribution is -2.21. The van der Waals surface area contributed by atoms with Crippen molar-refractivity contribution in [3.05, 3.63) is 63.8 Å². The number of nitrogens with one attached hydrogen (secondary N) is 1. The molecule has 0 bridgehead atoms. The molecule has 0 aliphatic heterocycles. The van der Waals surface area contributed by atoms with Gasteiger partial charge >= 0.3 is 5.63 Å². The van der Waals surface area contributed by atoms with E-state index in [-0.39, 0.29) is 17.7 Å². The summed E-state index contributed by atoms with van der Waals surface area (Å²) in [6.07, 6.45) is -0.256. The lowest BCUT2D eigenvalue weighted by Gasteiger charge is -2.13. The van der Waals surface area contributed by atoms with Crippen molar-refractivity contribution in [2.45, 2.75) is 13.3 Å². The second-order valence-electron chi connectivity index (χ2n) is 5.90. The largest absolute Gasteiger partial charge is 0.496 e. The number of rotatable bonds is 5. The molecule has 140 valence electrons. The maximum Gasteiger partial charge on any atom is 0.340 e. The average molecular weight is 371 g/mol. The Morgan fingerprint density at radius 3 is 2.59 bits per heavy atom. The van der Waals surface area contributed by atoms with Crippen molar-refractivity contribution in [2.75, 3.05) is 19.5 Å². The number of halogens is 1. The van der Waals surface area contributed by atoms with Crippen LogP contribution in [0.15, 0.2) is 45.6 Å². The molecule has 1 heterocycles. The van der Waals surface area contributed by atoms with E-state index in [1.807, 2.05) is 0 Å². The van der Waals surface area contributed by atoms with E-state index in [2.05, 4.69) is 5.32 Å². The Morgan fingerprint density at radius 2 is 1.93 bits per heavy atom. The van der Waals surface area contributed by atoms with Gasteiger partial charge < -0.3 is 19.2 Å². The van der Waals surface area contributed by atoms with Crippen LogP contribution in [-0.2, 0) is 11.2 Å². The van der Waals surface area contributed by atoms with E-state index < -0.39 is 17.3 Å². The van der Waals surface area contributed by atoms with Crippen LogP contribution < -0.4 is 20.4 Å². The quantitative estimate of drug-likeness (QED) is 0.695. The first-order valence-electron chi connectivity index (χ1n) is 8.17. The third-order valence-corrected chi connectivity index (χ3v) is 4.26. The minimum Gasteiger partial charge on any atom is -0.496 e. The van der Waals surface area contributed by atoms with Gasteiger partial charge in [-0.25, -0.2) is 9.18 Å². The molecule has 0 atom stereocenters. The smallest absolute Gasteiger partial charge is 0.340 e. The molecule has 7 heteroatoms. The predicted molar refractivity (Wildman–Crippen MR) is 99.1 cm³/mol. The number of anilines is 1. The van der Waals surface area contributed by atoms with Gasteiger partial charge in [-0.05, 0) is 24.6 Å². The Kier molecular flexibility index (Phi) is 5.12. The summed E-state index contributed by atoms with van der Waals surface area (Å²) in [7, 11) is 2.98. The van der Waals surface area contributed by atoms with Crippen LogP contribution in [0.25, 0.3) is 11.0 Å². The van der Waals surface area contributed by atoms with Crippen LogP contribution in [0.5, 0.6) is 11.5 Å². The van der Waals surface area contributed by atoms with Crippen molar-refractivity contribution in [3.63, 3.8) is 0 Å². The lowest BCUT2D eigenvalue weighted by atomic mass is 10.0. The zero-order chi connectivity index (χ0) is 19.6. The van der Waals surface area contributed by atoms with Crippen molar-refractivity contribution in [3.8, 4) is 11.5 Å². The molecule has 6 nitrogen and oxygen atoms in total. The van der Waals surface area contributed by atoms with Gasteiger partial charge in [0.05, 0.1) is 37.3 Å². The minimum atomic E-state index is -0.640. The van der Waals surface area contributed by atoms with E-state index in [9.17, 15) is 14.0 Å². The zero-order valence-electron chi connectivity index (χ0n) is 15.1. The Bertz CT molecular complexity index is 1070. The molecule has 1 amide bonds. The van der Waals surface area contributed by atoms with Gasteiger partial charge in [0.1, 0.15) is 22.9 Å². The average Bonchev–Trinajstić information content (AvgIpc) is 2.65. The van der Waals surface area contributed by atoms with Crippen LogP contribution in [0.4, 0.5) is 10.1 Å². The maximum atomic E-state index is 13.7. The van der Waals surface area contributed by atoms with Crippen LogP contribution in [0.1, 0.15) is 11.1 Å². The van der Waals surface area contributed by atoms with Gasteiger partial charge in [0.15, 0.2) is 0 Å². The number of hydrogen-bond donors (Lipinski definition) is 1. The van der Waals surface area contributed by atoms with E-state index in [0.29, 0.717) is 28.0 Å². The van der Waals surface area contributed by atoms with E-state index in [1.54, 1.807) is 25.1 Å². The fourth-order valence-electron chi connectivity index (χ4n) is 2.88. The van der Waals surface area contributed by atoms with Crippen molar-refractivity contribution < 1.29 is 23.1 Å². The number of amides is 1. The van der Waals surface area contributed by atoms with Gasteiger partial charge in [-0.3, -0.25) is 4.79 Å². The van der Waals surface area contributed by atoms with E-state index >= 15 is 0 Å². The third-order valence-electron chi connectivity index (χ3n) is 4.26. The first kappa shape index (κ1) is 18.4. The SMILES string of the molecule is COc1cc(OC)c2c(C)c(CC(=O)Nc3ccccc3F)c(=O)oc2c1. The van der Waals surface area contributed by atoms with Crippen molar-refractivity contribution >= 4 is 22.6 Å². The molecule has 27 heavy (non-hydrogen) atoms. The predicted octanol–water partition coefficient (Wildman–Crippen LogP) is 3.44. The number of ether oxygens (including phenoxy) is 2. The molecule has 1 N–H and O–H groups in total. The van der Waals surface area contributed by atoms with E-state index in [0.717, 1.165) is 0 Å². The number of carbonyl (C=O) groups excluding carboxylic acids is 1. The lowest BCUT2D eigenvalue weighted by molar-refractivity contribution is -0.115. The Balaban J connectivity index is 2.01. The number of benzene rings is 2. The molecule has 3 rings (SSSR count). The fourth-order valence-corrected chi connectivity index (χ4v) is 2.88. The summed E-state index contributed by atoms with van der Waals surface area (Å²) >= 11 is 0. The summed E-state index contributed by atoms with van der Waals surface area (Å²) in [5.41, 5.74) is 0.447. The number of methoxy groups -OCH3 is 2. The van der Waals surface area contributed by atoms with E-state index in [4.69, 9.17) is 13.9 Å². The second-order valence-corrected chi connectivity index (χ2v) is 5.90. The van der Waals surface area contributed by atoms with Crippen molar-refractivity contribution in [2.24, 2.45) is 0 Å². The molecule has 0 saturated heterocycles. The topological polar surface area (TPSA) is 77.8 Å². The zero-order valence-corrected chi connectivity index (χ0v) is 15.1. The van der Waals surface area contributed by atoms with Crippen molar-refractivity contribution in [1.29, 1.82) is 0 Å². The number of para-hydroxylation sites is 1.